The molecular weight excluding hydrogens is 1210 g/mol. The molecule has 0 saturated heterocycles. The summed E-state index contributed by atoms with van der Waals surface area (Å²) in [6, 6.07) is 28.0. The van der Waals surface area contributed by atoms with E-state index in [2.05, 4.69) is 78.2 Å². The number of rotatable bonds is 36. The third kappa shape index (κ3) is 24.5. The summed E-state index contributed by atoms with van der Waals surface area (Å²) >= 11 is 0. The lowest BCUT2D eigenvalue weighted by Gasteiger charge is -2.20. The van der Waals surface area contributed by atoms with Gasteiger partial charge >= 0.3 is 0 Å². The van der Waals surface area contributed by atoms with Gasteiger partial charge in [-0.3, -0.25) is 19.2 Å². The number of aromatic nitrogens is 6. The second-order valence-corrected chi connectivity index (χ2v) is 20.4. The second kappa shape index (κ2) is 40.5. The normalized spacial score (nSPS) is 14.0. The molecule has 0 fully saturated rings. The number of nitrogens with zero attached hydrogens (tertiary/aromatic N) is 8. The van der Waals surface area contributed by atoms with Crippen molar-refractivity contribution in [3.05, 3.63) is 144 Å². The first-order valence-corrected chi connectivity index (χ1v) is 30.5. The SMILES string of the molecule is CN1C(=O)[C@H](NC(=O)c2ncn(Cc3ccccc3)n2)COc2ccc(C#CCOCCOCCOCCOCCOCC#CC#CCOCCOCCOCCOCCOCC#Cc3ccc4c(c3)N(C)C(=O)[C@H](NC(=O)c3ncn(Cc5ccccc5)n3)CO4)cc21. The quantitative estimate of drug-likeness (QED) is 0.0423. The fraction of sp³-hybridized carbons (Fsp3) is 0.412. The van der Waals surface area contributed by atoms with Crippen molar-refractivity contribution in [2.24, 2.45) is 0 Å². The third-order valence-electron chi connectivity index (χ3n) is 13.6. The molecule has 0 radical (unpaired) electrons. The first-order valence-electron chi connectivity index (χ1n) is 30.5. The predicted octanol–water partition coefficient (Wildman–Crippen LogP) is 2.85. The van der Waals surface area contributed by atoms with Gasteiger partial charge in [-0.05, 0) is 59.4 Å². The van der Waals surface area contributed by atoms with E-state index in [1.807, 2.05) is 60.7 Å². The van der Waals surface area contributed by atoms with Crippen LogP contribution in [0.4, 0.5) is 11.4 Å². The van der Waals surface area contributed by atoms with Gasteiger partial charge in [-0.2, -0.15) is 0 Å². The first-order chi connectivity index (χ1) is 46.2. The molecule has 94 heavy (non-hydrogen) atoms. The molecule has 2 aliphatic rings. The van der Waals surface area contributed by atoms with E-state index in [1.54, 1.807) is 59.9 Å². The Balaban J connectivity index is 0.534. The molecule has 0 spiro atoms. The van der Waals surface area contributed by atoms with Gasteiger partial charge in [0.05, 0.1) is 130 Å². The Labute approximate surface area is 546 Å². The van der Waals surface area contributed by atoms with Crippen molar-refractivity contribution in [1.82, 2.24) is 40.2 Å². The van der Waals surface area contributed by atoms with Gasteiger partial charge in [-0.15, -0.1) is 10.2 Å². The minimum atomic E-state index is -0.952. The Morgan fingerprint density at radius 1 is 0.457 bits per heavy atom. The molecule has 8 rings (SSSR count). The molecule has 4 amide bonds. The van der Waals surface area contributed by atoms with Gasteiger partial charge in [-0.25, -0.2) is 19.3 Å². The summed E-state index contributed by atoms with van der Waals surface area (Å²) in [7, 11) is 3.24. The van der Waals surface area contributed by atoms with Crippen molar-refractivity contribution < 1.29 is 76.0 Å². The number of anilines is 2. The molecule has 2 aliphatic heterocycles. The van der Waals surface area contributed by atoms with Crippen molar-refractivity contribution in [3.8, 4) is 58.9 Å². The molecule has 2 N–H and O–H groups in total. The van der Waals surface area contributed by atoms with Crippen molar-refractivity contribution in [1.29, 1.82) is 0 Å². The number of carbonyl (C=O) groups is 4. The van der Waals surface area contributed by atoms with Crippen LogP contribution >= 0.6 is 0 Å². The maximum absolute atomic E-state index is 13.4. The summed E-state index contributed by atoms with van der Waals surface area (Å²) in [4.78, 5) is 63.9. The highest BCUT2D eigenvalue weighted by Crippen LogP contribution is 2.33. The number of likely N-dealkylation sites (N-methyl/N-ethyl adjacent to an activating group) is 2. The fourth-order valence-electron chi connectivity index (χ4n) is 8.78. The lowest BCUT2D eigenvalue weighted by Crippen LogP contribution is -2.49. The van der Waals surface area contributed by atoms with Crippen LogP contribution < -0.4 is 29.9 Å². The monoisotopic (exact) mass is 1290 g/mol. The summed E-state index contributed by atoms with van der Waals surface area (Å²) in [5.74, 6) is 22.2. The molecule has 4 aromatic carbocycles. The average Bonchev–Trinajstić information content (AvgIpc) is 1.64. The van der Waals surface area contributed by atoms with E-state index >= 15 is 0 Å². The van der Waals surface area contributed by atoms with E-state index in [9.17, 15) is 19.2 Å². The minimum absolute atomic E-state index is 0.0446. The maximum atomic E-state index is 13.4. The van der Waals surface area contributed by atoms with Crippen molar-refractivity contribution in [2.45, 2.75) is 25.2 Å². The molecule has 0 aliphatic carbocycles. The number of hydrogen-bond donors (Lipinski definition) is 2. The van der Waals surface area contributed by atoms with Crippen LogP contribution in [0.1, 0.15) is 43.5 Å². The number of fused-ring (bicyclic) bond motifs is 2. The highest BCUT2D eigenvalue weighted by atomic mass is 16.6. The van der Waals surface area contributed by atoms with E-state index in [4.69, 9.17) is 56.8 Å². The molecular formula is C68H76N10O16. The van der Waals surface area contributed by atoms with Crippen LogP contribution in [0.25, 0.3) is 0 Å². The largest absolute Gasteiger partial charge is 0.489 e. The van der Waals surface area contributed by atoms with Gasteiger partial charge < -0.3 is 77.3 Å². The zero-order valence-corrected chi connectivity index (χ0v) is 52.6. The Morgan fingerprint density at radius 3 is 1.14 bits per heavy atom. The number of benzene rings is 4. The van der Waals surface area contributed by atoms with Gasteiger partial charge in [0.1, 0.15) is 75.9 Å². The molecule has 26 nitrogen and oxygen atoms in total. The molecule has 0 saturated carbocycles. The molecule has 0 unspecified atom stereocenters. The molecule has 2 atom stereocenters. The number of carbonyl (C=O) groups excluding carboxylic acids is 4. The number of hydrogen-bond acceptors (Lipinski definition) is 20. The lowest BCUT2D eigenvalue weighted by molar-refractivity contribution is -0.121. The Kier molecular flexibility index (Phi) is 30.3. The van der Waals surface area contributed by atoms with Crippen LogP contribution in [0.2, 0.25) is 0 Å². The van der Waals surface area contributed by atoms with Gasteiger partial charge in [-0.1, -0.05) is 96.2 Å². The van der Waals surface area contributed by atoms with E-state index < -0.39 is 23.9 Å². The zero-order valence-electron chi connectivity index (χ0n) is 52.6. The van der Waals surface area contributed by atoms with Crippen molar-refractivity contribution >= 4 is 35.0 Å². The fourth-order valence-corrected chi connectivity index (χ4v) is 8.78. The van der Waals surface area contributed by atoms with Gasteiger partial charge in [0.15, 0.2) is 0 Å². The summed E-state index contributed by atoms with van der Waals surface area (Å²) in [5.41, 5.74) is 4.41. The van der Waals surface area contributed by atoms with Crippen LogP contribution in [0, 0.1) is 47.4 Å². The van der Waals surface area contributed by atoms with Gasteiger partial charge in [0.2, 0.25) is 11.6 Å². The van der Waals surface area contributed by atoms with E-state index in [0.717, 1.165) is 11.1 Å². The van der Waals surface area contributed by atoms with Gasteiger partial charge in [0.25, 0.3) is 23.6 Å². The molecule has 2 aromatic heterocycles. The minimum Gasteiger partial charge on any atom is -0.489 e. The number of ether oxygens (including phenoxy) is 12. The van der Waals surface area contributed by atoms with Crippen molar-refractivity contribution in [3.63, 3.8) is 0 Å². The van der Waals surface area contributed by atoms with Crippen LogP contribution in [-0.4, -0.2) is 225 Å². The van der Waals surface area contributed by atoms with Crippen LogP contribution in [0.3, 0.4) is 0 Å². The third-order valence-corrected chi connectivity index (χ3v) is 13.6. The Morgan fingerprint density at radius 2 is 0.787 bits per heavy atom. The maximum Gasteiger partial charge on any atom is 0.291 e. The van der Waals surface area contributed by atoms with E-state index in [1.165, 1.54) is 22.5 Å². The van der Waals surface area contributed by atoms with Crippen LogP contribution in [0.5, 0.6) is 11.5 Å². The van der Waals surface area contributed by atoms with Crippen LogP contribution in [0.15, 0.2) is 110 Å². The summed E-state index contributed by atoms with van der Waals surface area (Å²) in [6.45, 7) is 8.00. The molecule has 494 valence electrons. The molecule has 4 heterocycles. The Bertz CT molecular complexity index is 3380. The van der Waals surface area contributed by atoms with Crippen molar-refractivity contribution in [2.75, 3.05) is 169 Å². The zero-order chi connectivity index (χ0) is 65.6. The Hall–Kier alpha value is -9.52. The van der Waals surface area contributed by atoms with E-state index in [-0.39, 0.29) is 63.1 Å². The number of amides is 4. The summed E-state index contributed by atoms with van der Waals surface area (Å²) < 4.78 is 70.3. The molecule has 6 aromatic rings. The summed E-state index contributed by atoms with van der Waals surface area (Å²) in [5, 5.41) is 14.0. The first kappa shape index (κ1) is 70.4. The standard InChI is InChI=1S/C68H76N10O16/c1-75-59-45-53(21-23-61(59)93-49-57(67(75)81)71-65(79)63-69-51-77(73-63)47-55-15-7-5-8-16-55)19-13-27-85-31-35-89-39-43-91-41-37-87-33-29-83-25-11-3-4-12-26-84-30-34-88-38-42-92-44-40-90-36-32-86-28-14-20-54-22-24-62-60(46-54)76(2)68(82)58(50-94-62)72-66(80)64-70-52-78(74-64)48-56-17-9-6-10-18-56/h5-10,15-18,21-24,45-46,51-52,57-58H,25-44,47-50H2,1-2H3,(H,71,79)(H,72,80)/t57-,58-/m1/s1. The topological polar surface area (TPSA) is 271 Å². The molecule has 26 heteroatoms. The number of nitrogens with one attached hydrogen (secondary N) is 2. The van der Waals surface area contributed by atoms with E-state index in [0.29, 0.717) is 153 Å². The highest BCUT2D eigenvalue weighted by molar-refractivity contribution is 6.03. The highest BCUT2D eigenvalue weighted by Gasteiger charge is 2.33. The summed E-state index contributed by atoms with van der Waals surface area (Å²) in [6.07, 6.45) is 2.96. The molecule has 0 bridgehead atoms. The predicted molar refractivity (Wildman–Crippen MR) is 342 cm³/mol. The lowest BCUT2D eigenvalue weighted by atomic mass is 10.1. The van der Waals surface area contributed by atoms with Crippen LogP contribution in [-0.2, 0) is 70.0 Å². The second-order valence-electron chi connectivity index (χ2n) is 20.4. The van der Waals surface area contributed by atoms with Gasteiger partial charge in [0, 0.05) is 25.2 Å². The average molecular weight is 1290 g/mol. The smallest absolute Gasteiger partial charge is 0.291 e.